The van der Waals surface area contributed by atoms with Crippen LogP contribution in [0.15, 0.2) is 29.8 Å². The zero-order valence-electron chi connectivity index (χ0n) is 14.4. The summed E-state index contributed by atoms with van der Waals surface area (Å²) in [6.45, 7) is 6.37. The number of carbonyl (C=O) groups excluding carboxylic acids is 1. The van der Waals surface area contributed by atoms with Gasteiger partial charge in [0.05, 0.1) is 24.8 Å². The Balaban J connectivity index is 2.06. The Hall–Kier alpha value is -1.56. The third kappa shape index (κ3) is 4.97. The Morgan fingerprint density at radius 2 is 2.25 bits per heavy atom. The van der Waals surface area contributed by atoms with Crippen LogP contribution in [0.5, 0.6) is 5.75 Å². The van der Waals surface area contributed by atoms with E-state index in [0.717, 1.165) is 13.1 Å². The molecule has 1 aromatic rings. The molecule has 1 amide bonds. The van der Waals surface area contributed by atoms with Gasteiger partial charge in [0.15, 0.2) is 0 Å². The van der Waals surface area contributed by atoms with Crippen molar-refractivity contribution in [1.82, 2.24) is 10.2 Å². The molecule has 0 saturated carbocycles. The van der Waals surface area contributed by atoms with E-state index in [9.17, 15) is 9.90 Å². The van der Waals surface area contributed by atoms with E-state index in [1.54, 1.807) is 18.2 Å². The number of hydrogen-bond donors (Lipinski definition) is 2. The van der Waals surface area contributed by atoms with Crippen LogP contribution in [-0.2, 0) is 0 Å². The molecule has 5 nitrogen and oxygen atoms in total. The van der Waals surface area contributed by atoms with Gasteiger partial charge in [0.2, 0.25) is 0 Å². The van der Waals surface area contributed by atoms with Crippen LogP contribution in [0.1, 0.15) is 30.6 Å². The number of hydrogen-bond acceptors (Lipinski definition) is 4. The minimum Gasteiger partial charge on any atom is -0.496 e. The minimum absolute atomic E-state index is 0.289. The van der Waals surface area contributed by atoms with Crippen LogP contribution < -0.4 is 10.1 Å². The van der Waals surface area contributed by atoms with E-state index in [0.29, 0.717) is 29.3 Å². The van der Waals surface area contributed by atoms with E-state index in [4.69, 9.17) is 16.3 Å². The summed E-state index contributed by atoms with van der Waals surface area (Å²) in [6, 6.07) is 4.59. The van der Waals surface area contributed by atoms with Crippen molar-refractivity contribution in [3.8, 4) is 5.75 Å². The molecule has 6 heteroatoms. The van der Waals surface area contributed by atoms with Crippen molar-refractivity contribution in [3.05, 3.63) is 40.4 Å². The number of likely N-dealkylation sites (tertiary alicyclic amines) is 1. The standard InChI is InChI=1S/C18H25ClN2O3/c1-12(2)6-8-21-9-7-16(22)15(11-21)20-18(23)14-10-13(19)4-5-17(14)24-3/h4-6,10,15-16,22H,7-9,11H2,1-3H3,(H,20,23)/t15-,16+/m1/s1. The maximum Gasteiger partial charge on any atom is 0.255 e. The van der Waals surface area contributed by atoms with Crippen molar-refractivity contribution in [3.63, 3.8) is 0 Å². The molecule has 0 aliphatic carbocycles. The Labute approximate surface area is 148 Å². The topological polar surface area (TPSA) is 61.8 Å². The summed E-state index contributed by atoms with van der Waals surface area (Å²) in [5.41, 5.74) is 1.63. The summed E-state index contributed by atoms with van der Waals surface area (Å²) >= 11 is 5.98. The minimum atomic E-state index is -0.554. The molecule has 132 valence electrons. The monoisotopic (exact) mass is 352 g/mol. The van der Waals surface area contributed by atoms with Crippen LogP contribution in [0.25, 0.3) is 0 Å². The van der Waals surface area contributed by atoms with Crippen LogP contribution in [0, 0.1) is 0 Å². The van der Waals surface area contributed by atoms with Gasteiger partial charge >= 0.3 is 0 Å². The average molecular weight is 353 g/mol. The summed E-state index contributed by atoms with van der Waals surface area (Å²) in [4.78, 5) is 14.8. The number of aliphatic hydroxyl groups excluding tert-OH is 1. The number of allylic oxidation sites excluding steroid dienone is 1. The van der Waals surface area contributed by atoms with E-state index in [2.05, 4.69) is 30.1 Å². The quantitative estimate of drug-likeness (QED) is 0.799. The molecule has 1 heterocycles. The molecule has 1 aromatic carbocycles. The summed E-state index contributed by atoms with van der Waals surface area (Å²) in [5.74, 6) is 0.172. The summed E-state index contributed by atoms with van der Waals surface area (Å²) in [6.07, 6.45) is 2.23. The van der Waals surface area contributed by atoms with Crippen LogP contribution in [0.2, 0.25) is 5.02 Å². The zero-order valence-corrected chi connectivity index (χ0v) is 15.1. The van der Waals surface area contributed by atoms with Gasteiger partial charge in [0.25, 0.3) is 5.91 Å². The molecule has 1 aliphatic heterocycles. The SMILES string of the molecule is COc1ccc(Cl)cc1C(=O)N[C@@H]1CN(CC=C(C)C)CC[C@@H]1O. The Morgan fingerprint density at radius 1 is 1.50 bits per heavy atom. The maximum atomic E-state index is 12.6. The second kappa shape index (κ2) is 8.51. The summed E-state index contributed by atoms with van der Waals surface area (Å²) in [5, 5.41) is 13.6. The van der Waals surface area contributed by atoms with Gasteiger partial charge < -0.3 is 15.2 Å². The van der Waals surface area contributed by atoms with Gasteiger partial charge in [-0.2, -0.15) is 0 Å². The molecule has 24 heavy (non-hydrogen) atoms. The number of amides is 1. The fourth-order valence-electron chi connectivity index (χ4n) is 2.73. The fraction of sp³-hybridized carbons (Fsp3) is 0.500. The molecule has 1 fully saturated rings. The molecule has 0 radical (unpaired) electrons. The van der Waals surface area contributed by atoms with Gasteiger partial charge in [-0.25, -0.2) is 0 Å². The van der Waals surface area contributed by atoms with Gasteiger partial charge in [0.1, 0.15) is 5.75 Å². The number of methoxy groups -OCH3 is 1. The van der Waals surface area contributed by atoms with Gasteiger partial charge in [-0.3, -0.25) is 9.69 Å². The third-order valence-electron chi connectivity index (χ3n) is 4.14. The van der Waals surface area contributed by atoms with Gasteiger partial charge in [0, 0.05) is 24.7 Å². The van der Waals surface area contributed by atoms with Crippen LogP contribution in [-0.4, -0.2) is 54.8 Å². The molecule has 2 rings (SSSR count). The number of nitrogens with zero attached hydrogens (tertiary/aromatic N) is 1. The molecule has 0 spiro atoms. The highest BCUT2D eigenvalue weighted by Crippen LogP contribution is 2.23. The molecule has 0 aromatic heterocycles. The van der Waals surface area contributed by atoms with Gasteiger partial charge in [-0.05, 0) is 38.5 Å². The van der Waals surface area contributed by atoms with E-state index in [1.807, 2.05) is 0 Å². The molecular formula is C18H25ClN2O3. The predicted octanol–water partition coefficient (Wildman–Crippen LogP) is 2.48. The van der Waals surface area contributed by atoms with Crippen molar-refractivity contribution >= 4 is 17.5 Å². The summed E-state index contributed by atoms with van der Waals surface area (Å²) in [7, 11) is 1.51. The first-order valence-electron chi connectivity index (χ1n) is 8.09. The van der Waals surface area contributed by atoms with E-state index >= 15 is 0 Å². The number of piperidine rings is 1. The van der Waals surface area contributed by atoms with Crippen molar-refractivity contribution in [2.75, 3.05) is 26.7 Å². The molecule has 1 saturated heterocycles. The second-order valence-electron chi connectivity index (χ2n) is 6.32. The van der Waals surface area contributed by atoms with Crippen LogP contribution >= 0.6 is 11.6 Å². The number of nitrogens with one attached hydrogen (secondary N) is 1. The van der Waals surface area contributed by atoms with E-state index in [1.165, 1.54) is 12.7 Å². The van der Waals surface area contributed by atoms with E-state index < -0.39 is 6.10 Å². The zero-order chi connectivity index (χ0) is 17.7. The lowest BCUT2D eigenvalue weighted by molar-refractivity contribution is 0.0470. The molecule has 2 N–H and O–H groups in total. The molecule has 0 unspecified atom stereocenters. The number of ether oxygens (including phenoxy) is 1. The highest BCUT2D eigenvalue weighted by molar-refractivity contribution is 6.31. The first-order chi connectivity index (χ1) is 11.4. The highest BCUT2D eigenvalue weighted by atomic mass is 35.5. The lowest BCUT2D eigenvalue weighted by Crippen LogP contribution is -2.55. The van der Waals surface area contributed by atoms with Crippen molar-refractivity contribution < 1.29 is 14.6 Å². The second-order valence-corrected chi connectivity index (χ2v) is 6.76. The Kier molecular flexibility index (Phi) is 6.66. The van der Waals surface area contributed by atoms with E-state index in [-0.39, 0.29) is 11.9 Å². The normalized spacial score (nSPS) is 21.2. The highest BCUT2D eigenvalue weighted by Gasteiger charge is 2.29. The maximum absolute atomic E-state index is 12.6. The Bertz CT molecular complexity index is 614. The number of carbonyl (C=O) groups is 1. The predicted molar refractivity (Wildman–Crippen MR) is 95.8 cm³/mol. The number of halogens is 1. The summed E-state index contributed by atoms with van der Waals surface area (Å²) < 4.78 is 5.22. The number of rotatable bonds is 5. The Morgan fingerprint density at radius 3 is 2.92 bits per heavy atom. The lowest BCUT2D eigenvalue weighted by Gasteiger charge is -2.36. The average Bonchev–Trinajstić information content (AvgIpc) is 2.55. The van der Waals surface area contributed by atoms with Crippen LogP contribution in [0.4, 0.5) is 0 Å². The molecule has 0 bridgehead atoms. The molecule has 2 atom stereocenters. The largest absolute Gasteiger partial charge is 0.496 e. The molecular weight excluding hydrogens is 328 g/mol. The molecule has 1 aliphatic rings. The van der Waals surface area contributed by atoms with Gasteiger partial charge in [-0.15, -0.1) is 0 Å². The van der Waals surface area contributed by atoms with Crippen LogP contribution in [0.3, 0.4) is 0 Å². The van der Waals surface area contributed by atoms with Crippen molar-refractivity contribution in [1.29, 1.82) is 0 Å². The first kappa shape index (κ1) is 18.8. The van der Waals surface area contributed by atoms with Gasteiger partial charge in [-0.1, -0.05) is 23.3 Å². The van der Waals surface area contributed by atoms with Crippen molar-refractivity contribution in [2.24, 2.45) is 0 Å². The fourth-order valence-corrected chi connectivity index (χ4v) is 2.90. The first-order valence-corrected chi connectivity index (χ1v) is 8.46. The van der Waals surface area contributed by atoms with Crippen molar-refractivity contribution in [2.45, 2.75) is 32.4 Å². The third-order valence-corrected chi connectivity index (χ3v) is 4.38. The lowest BCUT2D eigenvalue weighted by atomic mass is 10.0. The number of benzene rings is 1. The number of aliphatic hydroxyl groups is 1. The smallest absolute Gasteiger partial charge is 0.255 e.